The van der Waals surface area contributed by atoms with Gasteiger partial charge in [0.15, 0.2) is 0 Å². The fourth-order valence-corrected chi connectivity index (χ4v) is 1.80. The molecule has 0 aromatic heterocycles. The Labute approximate surface area is 105 Å². The Morgan fingerprint density at radius 3 is 2.72 bits per heavy atom. The molecular weight excluding hydrogens is 238 g/mol. The molecule has 2 N–H and O–H groups in total. The number of amides is 3. The van der Waals surface area contributed by atoms with E-state index in [2.05, 4.69) is 17.2 Å². The first kappa shape index (κ1) is 14.0. The van der Waals surface area contributed by atoms with Crippen molar-refractivity contribution in [2.75, 3.05) is 13.1 Å². The lowest BCUT2D eigenvalue weighted by molar-refractivity contribution is -0.181. The molecule has 100 valence electrons. The van der Waals surface area contributed by atoms with E-state index in [4.69, 9.17) is 4.74 Å². The van der Waals surface area contributed by atoms with Crippen LogP contribution in [0.5, 0.6) is 0 Å². The third-order valence-corrected chi connectivity index (χ3v) is 2.58. The van der Waals surface area contributed by atoms with E-state index in [1.165, 1.54) is 11.8 Å². The molecule has 3 amide bonds. The molecule has 1 aliphatic rings. The number of urea groups is 1. The molecule has 1 fully saturated rings. The topological polar surface area (TPSA) is 87.7 Å². The molecule has 0 aliphatic carbocycles. The lowest BCUT2D eigenvalue weighted by atomic mass is 10.2. The Morgan fingerprint density at radius 2 is 2.33 bits per heavy atom. The van der Waals surface area contributed by atoms with Crippen molar-refractivity contribution < 1.29 is 19.1 Å². The van der Waals surface area contributed by atoms with E-state index in [0.717, 1.165) is 6.08 Å². The summed E-state index contributed by atoms with van der Waals surface area (Å²) in [6.45, 7) is 7.08. The van der Waals surface area contributed by atoms with Crippen LogP contribution >= 0.6 is 0 Å². The van der Waals surface area contributed by atoms with Crippen molar-refractivity contribution in [2.24, 2.45) is 0 Å². The van der Waals surface area contributed by atoms with Gasteiger partial charge in [-0.25, -0.2) is 9.59 Å². The van der Waals surface area contributed by atoms with Crippen LogP contribution in [0, 0.1) is 0 Å². The van der Waals surface area contributed by atoms with Crippen LogP contribution in [0.4, 0.5) is 4.79 Å². The van der Waals surface area contributed by atoms with E-state index in [-0.39, 0.29) is 12.5 Å². The van der Waals surface area contributed by atoms with Gasteiger partial charge in [-0.2, -0.15) is 0 Å². The molecule has 0 bridgehead atoms. The van der Waals surface area contributed by atoms with E-state index in [9.17, 15) is 14.4 Å². The van der Waals surface area contributed by atoms with Crippen molar-refractivity contribution in [3.8, 4) is 0 Å². The van der Waals surface area contributed by atoms with Gasteiger partial charge >= 0.3 is 12.0 Å². The predicted molar refractivity (Wildman–Crippen MR) is 63.2 cm³/mol. The number of carbonyl (C=O) groups is 3. The maximum Gasteiger partial charge on any atom is 0.333 e. The fraction of sp³-hybridized carbons (Fsp3) is 0.545. The first-order valence-electron chi connectivity index (χ1n) is 5.65. The van der Waals surface area contributed by atoms with E-state index in [0.29, 0.717) is 13.1 Å². The highest BCUT2D eigenvalue weighted by Gasteiger charge is 2.44. The molecule has 0 aromatic carbocycles. The van der Waals surface area contributed by atoms with Gasteiger partial charge in [0.05, 0.1) is 0 Å². The molecule has 7 heteroatoms. The summed E-state index contributed by atoms with van der Waals surface area (Å²) in [5.41, 5.74) is 0. The maximum absolute atomic E-state index is 11.7. The van der Waals surface area contributed by atoms with Crippen molar-refractivity contribution in [1.29, 1.82) is 0 Å². The molecule has 0 radical (unpaired) electrons. The second kappa shape index (κ2) is 5.52. The zero-order valence-electron chi connectivity index (χ0n) is 10.5. The van der Waals surface area contributed by atoms with Crippen molar-refractivity contribution in [2.45, 2.75) is 26.1 Å². The number of nitrogens with one attached hydrogen (secondary N) is 2. The minimum atomic E-state index is -1.46. The number of hydrogen-bond acceptors (Lipinski definition) is 4. The Bertz CT molecular complexity index is 382. The van der Waals surface area contributed by atoms with E-state index in [1.54, 1.807) is 6.92 Å². The highest BCUT2D eigenvalue weighted by atomic mass is 16.6. The second-order valence-electron chi connectivity index (χ2n) is 3.83. The Balaban J connectivity index is 3.03. The number of esters is 1. The van der Waals surface area contributed by atoms with Crippen LogP contribution in [0.3, 0.4) is 0 Å². The molecule has 1 unspecified atom stereocenters. The van der Waals surface area contributed by atoms with Crippen LogP contribution in [0.1, 0.15) is 20.3 Å². The zero-order chi connectivity index (χ0) is 13.8. The molecule has 0 aromatic rings. The van der Waals surface area contributed by atoms with E-state index in [1.807, 2.05) is 0 Å². The maximum atomic E-state index is 11.7. The van der Waals surface area contributed by atoms with Gasteiger partial charge in [-0.3, -0.25) is 9.69 Å². The van der Waals surface area contributed by atoms with Crippen molar-refractivity contribution in [1.82, 2.24) is 15.5 Å². The van der Waals surface area contributed by atoms with Crippen LogP contribution in [-0.2, 0) is 14.3 Å². The zero-order valence-corrected chi connectivity index (χ0v) is 10.5. The molecule has 0 saturated carbocycles. The van der Waals surface area contributed by atoms with E-state index < -0.39 is 17.7 Å². The minimum Gasteiger partial charge on any atom is -0.416 e. The van der Waals surface area contributed by atoms with Gasteiger partial charge in [0.1, 0.15) is 0 Å². The highest BCUT2D eigenvalue weighted by molar-refractivity contribution is 5.84. The third kappa shape index (κ3) is 2.79. The van der Waals surface area contributed by atoms with Crippen molar-refractivity contribution >= 4 is 17.9 Å². The van der Waals surface area contributed by atoms with Crippen molar-refractivity contribution in [3.63, 3.8) is 0 Å². The lowest BCUT2D eigenvalue weighted by Crippen LogP contribution is -2.63. The molecule has 1 saturated heterocycles. The van der Waals surface area contributed by atoms with Gasteiger partial charge in [-0.05, 0) is 0 Å². The summed E-state index contributed by atoms with van der Waals surface area (Å²) < 4.78 is 5.18. The Kier molecular flexibility index (Phi) is 4.30. The largest absolute Gasteiger partial charge is 0.416 e. The monoisotopic (exact) mass is 255 g/mol. The van der Waals surface area contributed by atoms with Crippen molar-refractivity contribution in [3.05, 3.63) is 12.7 Å². The molecule has 0 spiro atoms. The van der Waals surface area contributed by atoms with E-state index >= 15 is 0 Å². The van der Waals surface area contributed by atoms with Crippen LogP contribution < -0.4 is 10.6 Å². The Hall–Kier alpha value is -2.05. The summed E-state index contributed by atoms with van der Waals surface area (Å²) in [5.74, 6) is -2.56. The molecule has 1 rings (SSSR count). The molecular formula is C11H17N3O4. The van der Waals surface area contributed by atoms with Gasteiger partial charge in [-0.15, -0.1) is 0 Å². The predicted octanol–water partition coefficient (Wildman–Crippen LogP) is -0.0593. The summed E-state index contributed by atoms with van der Waals surface area (Å²) in [4.78, 5) is 35.6. The van der Waals surface area contributed by atoms with Crippen LogP contribution in [0.15, 0.2) is 12.7 Å². The number of carbonyl (C=O) groups excluding carboxylic acids is 3. The van der Waals surface area contributed by atoms with Gasteiger partial charge in [-0.1, -0.05) is 13.5 Å². The summed E-state index contributed by atoms with van der Waals surface area (Å²) in [6, 6.07) is -0.387. The standard InChI is InChI=1S/C11H17N3O4/c1-4-9(16)18-11(5-2,13-8(3)15)14-7-6-12-10(14)17/h4H,1,5-7H2,2-3H3,(H,12,17)(H,13,15). The van der Waals surface area contributed by atoms with Gasteiger partial charge in [0, 0.05) is 32.5 Å². The summed E-state index contributed by atoms with van der Waals surface area (Å²) in [7, 11) is 0. The average molecular weight is 255 g/mol. The Morgan fingerprint density at radius 1 is 1.67 bits per heavy atom. The quantitative estimate of drug-likeness (QED) is 0.409. The van der Waals surface area contributed by atoms with Gasteiger partial charge < -0.3 is 15.4 Å². The normalized spacial score (nSPS) is 17.7. The smallest absolute Gasteiger partial charge is 0.333 e. The SMILES string of the molecule is C=CC(=O)OC(CC)(NC(C)=O)N1CCNC1=O. The molecule has 7 nitrogen and oxygen atoms in total. The summed E-state index contributed by atoms with van der Waals surface area (Å²) in [6.07, 6.45) is 1.22. The van der Waals surface area contributed by atoms with Crippen LogP contribution in [0.25, 0.3) is 0 Å². The number of hydrogen-bond donors (Lipinski definition) is 2. The minimum absolute atomic E-state index is 0.236. The molecule has 1 aliphatic heterocycles. The first-order valence-corrected chi connectivity index (χ1v) is 5.65. The number of nitrogens with zero attached hydrogens (tertiary/aromatic N) is 1. The summed E-state index contributed by atoms with van der Waals surface area (Å²) in [5, 5.41) is 5.11. The fourth-order valence-electron chi connectivity index (χ4n) is 1.80. The van der Waals surface area contributed by atoms with Crippen LogP contribution in [-0.4, -0.2) is 41.7 Å². The number of rotatable bonds is 5. The average Bonchev–Trinajstić information content (AvgIpc) is 2.74. The highest BCUT2D eigenvalue weighted by Crippen LogP contribution is 2.21. The molecule has 18 heavy (non-hydrogen) atoms. The first-order chi connectivity index (χ1) is 8.45. The van der Waals surface area contributed by atoms with Gasteiger partial charge in [0.2, 0.25) is 5.91 Å². The molecule has 1 atom stereocenters. The summed E-state index contributed by atoms with van der Waals surface area (Å²) >= 11 is 0. The third-order valence-electron chi connectivity index (χ3n) is 2.58. The van der Waals surface area contributed by atoms with Gasteiger partial charge in [0.25, 0.3) is 5.85 Å². The second-order valence-corrected chi connectivity index (χ2v) is 3.83. The van der Waals surface area contributed by atoms with Crippen LogP contribution in [0.2, 0.25) is 0 Å². The molecule has 1 heterocycles. The lowest BCUT2D eigenvalue weighted by Gasteiger charge is -2.39. The number of ether oxygens (including phenoxy) is 1.